The molecule has 2 aromatic rings. The standard InChI is InChI=1S/C15H11FO3S2/c16-12-8-10(3-6-14(12)21-9-15(18)19)13(17)5-4-11-2-1-7-20-11/h1-8H,9H2,(H,18,19)/b5-4+. The molecule has 2 rings (SSSR count). The number of carbonyl (C=O) groups is 2. The van der Waals surface area contributed by atoms with Gasteiger partial charge in [-0.1, -0.05) is 6.07 Å². The van der Waals surface area contributed by atoms with E-state index in [4.69, 9.17) is 5.11 Å². The van der Waals surface area contributed by atoms with Crippen molar-refractivity contribution in [3.63, 3.8) is 0 Å². The number of allylic oxidation sites excluding steroid dienone is 1. The van der Waals surface area contributed by atoms with E-state index in [2.05, 4.69) is 0 Å². The Labute approximate surface area is 129 Å². The van der Waals surface area contributed by atoms with Crippen LogP contribution in [0.1, 0.15) is 15.2 Å². The third-order valence-electron chi connectivity index (χ3n) is 2.51. The van der Waals surface area contributed by atoms with Crippen LogP contribution >= 0.6 is 23.1 Å². The Morgan fingerprint density at radius 3 is 2.76 bits per heavy atom. The number of thioether (sulfide) groups is 1. The fourth-order valence-electron chi connectivity index (χ4n) is 1.55. The van der Waals surface area contributed by atoms with Crippen LogP contribution in [0.5, 0.6) is 0 Å². The van der Waals surface area contributed by atoms with E-state index in [0.29, 0.717) is 0 Å². The molecule has 0 saturated carbocycles. The van der Waals surface area contributed by atoms with Gasteiger partial charge in [0.05, 0.1) is 5.75 Å². The van der Waals surface area contributed by atoms with Crippen molar-refractivity contribution in [1.29, 1.82) is 0 Å². The molecular weight excluding hydrogens is 311 g/mol. The summed E-state index contributed by atoms with van der Waals surface area (Å²) in [6.45, 7) is 0. The summed E-state index contributed by atoms with van der Waals surface area (Å²) in [7, 11) is 0. The zero-order chi connectivity index (χ0) is 15.2. The van der Waals surface area contributed by atoms with Crippen molar-refractivity contribution in [1.82, 2.24) is 0 Å². The highest BCUT2D eigenvalue weighted by molar-refractivity contribution is 8.00. The second kappa shape index (κ2) is 7.19. The summed E-state index contributed by atoms with van der Waals surface area (Å²) in [4.78, 5) is 23.5. The maximum absolute atomic E-state index is 13.8. The number of hydrogen-bond donors (Lipinski definition) is 1. The minimum Gasteiger partial charge on any atom is -0.481 e. The third-order valence-corrected chi connectivity index (χ3v) is 4.38. The van der Waals surface area contributed by atoms with Crippen molar-refractivity contribution in [3.05, 3.63) is 58.0 Å². The largest absolute Gasteiger partial charge is 0.481 e. The second-order valence-electron chi connectivity index (χ2n) is 4.04. The summed E-state index contributed by atoms with van der Waals surface area (Å²) in [5.41, 5.74) is 0.236. The van der Waals surface area contributed by atoms with Gasteiger partial charge in [-0.2, -0.15) is 0 Å². The van der Waals surface area contributed by atoms with Crippen LogP contribution in [0, 0.1) is 5.82 Å². The van der Waals surface area contributed by atoms with Crippen LogP contribution < -0.4 is 0 Å². The molecule has 21 heavy (non-hydrogen) atoms. The summed E-state index contributed by atoms with van der Waals surface area (Å²) in [5, 5.41) is 10.5. The summed E-state index contributed by atoms with van der Waals surface area (Å²) in [6.07, 6.45) is 3.07. The van der Waals surface area contributed by atoms with E-state index in [9.17, 15) is 14.0 Å². The Morgan fingerprint density at radius 2 is 2.14 bits per heavy atom. The smallest absolute Gasteiger partial charge is 0.313 e. The number of carbonyl (C=O) groups excluding carboxylic acids is 1. The predicted molar refractivity (Wildman–Crippen MR) is 82.4 cm³/mol. The Hall–Kier alpha value is -1.92. The minimum absolute atomic E-state index is 0.219. The molecule has 1 aromatic heterocycles. The molecule has 0 fully saturated rings. The van der Waals surface area contributed by atoms with Gasteiger partial charge >= 0.3 is 5.97 Å². The normalized spacial score (nSPS) is 10.9. The zero-order valence-corrected chi connectivity index (χ0v) is 12.4. The first-order chi connectivity index (χ1) is 10.1. The molecule has 0 aliphatic rings. The number of aliphatic carboxylic acids is 1. The molecule has 0 aliphatic carbocycles. The zero-order valence-electron chi connectivity index (χ0n) is 10.8. The summed E-state index contributed by atoms with van der Waals surface area (Å²) >= 11 is 2.39. The second-order valence-corrected chi connectivity index (χ2v) is 6.04. The highest BCUT2D eigenvalue weighted by Gasteiger charge is 2.09. The Kier molecular flexibility index (Phi) is 5.30. The van der Waals surface area contributed by atoms with Gasteiger partial charge in [-0.05, 0) is 41.8 Å². The molecule has 0 atom stereocenters. The summed E-state index contributed by atoms with van der Waals surface area (Å²) < 4.78 is 13.8. The maximum atomic E-state index is 13.8. The van der Waals surface area contributed by atoms with Gasteiger partial charge in [-0.15, -0.1) is 23.1 Å². The molecule has 1 aromatic carbocycles. The van der Waals surface area contributed by atoms with Crippen molar-refractivity contribution in [2.75, 3.05) is 5.75 Å². The van der Waals surface area contributed by atoms with Crippen molar-refractivity contribution < 1.29 is 19.1 Å². The number of carboxylic acid groups (broad SMARTS) is 1. The molecule has 1 N–H and O–H groups in total. The fourth-order valence-corrected chi connectivity index (χ4v) is 2.81. The number of halogens is 1. The van der Waals surface area contributed by atoms with E-state index < -0.39 is 11.8 Å². The molecule has 0 saturated heterocycles. The lowest BCUT2D eigenvalue weighted by atomic mass is 10.1. The molecule has 0 unspecified atom stereocenters. The summed E-state index contributed by atoms with van der Waals surface area (Å²) in [5.74, 6) is -2.12. The fraction of sp³-hybridized carbons (Fsp3) is 0.0667. The lowest BCUT2D eigenvalue weighted by Crippen LogP contribution is -1.99. The van der Waals surface area contributed by atoms with E-state index >= 15 is 0 Å². The molecule has 6 heteroatoms. The van der Waals surface area contributed by atoms with Gasteiger partial charge in [0.1, 0.15) is 5.82 Å². The monoisotopic (exact) mass is 322 g/mol. The van der Waals surface area contributed by atoms with Crippen LogP contribution in [0.25, 0.3) is 6.08 Å². The van der Waals surface area contributed by atoms with E-state index in [0.717, 1.165) is 22.7 Å². The van der Waals surface area contributed by atoms with Crippen LogP contribution in [0.15, 0.2) is 46.7 Å². The number of ketones is 1. The van der Waals surface area contributed by atoms with Gasteiger partial charge in [0.15, 0.2) is 5.78 Å². The highest BCUT2D eigenvalue weighted by atomic mass is 32.2. The highest BCUT2D eigenvalue weighted by Crippen LogP contribution is 2.23. The van der Waals surface area contributed by atoms with Gasteiger partial charge in [0, 0.05) is 15.3 Å². The third kappa shape index (κ3) is 4.54. The molecule has 0 spiro atoms. The van der Waals surface area contributed by atoms with Gasteiger partial charge < -0.3 is 5.11 Å². The average molecular weight is 322 g/mol. The van der Waals surface area contributed by atoms with E-state index in [1.807, 2.05) is 17.5 Å². The van der Waals surface area contributed by atoms with Gasteiger partial charge in [-0.25, -0.2) is 4.39 Å². The molecule has 3 nitrogen and oxygen atoms in total. The van der Waals surface area contributed by atoms with Gasteiger partial charge in [-0.3, -0.25) is 9.59 Å². The predicted octanol–water partition coefficient (Wildman–Crippen LogP) is 3.96. The van der Waals surface area contributed by atoms with Crippen LogP contribution in [-0.2, 0) is 4.79 Å². The van der Waals surface area contributed by atoms with E-state index in [1.165, 1.54) is 29.5 Å². The van der Waals surface area contributed by atoms with Gasteiger partial charge in [0.2, 0.25) is 0 Å². The van der Waals surface area contributed by atoms with Gasteiger partial charge in [0.25, 0.3) is 0 Å². The lowest BCUT2D eigenvalue weighted by molar-refractivity contribution is -0.133. The molecule has 0 bridgehead atoms. The maximum Gasteiger partial charge on any atom is 0.313 e. The van der Waals surface area contributed by atoms with Crippen molar-refractivity contribution in [3.8, 4) is 0 Å². The molecule has 108 valence electrons. The van der Waals surface area contributed by atoms with Crippen molar-refractivity contribution >= 4 is 40.9 Å². The molecule has 1 heterocycles. The quantitative estimate of drug-likeness (QED) is 0.497. The topological polar surface area (TPSA) is 54.4 Å². The first-order valence-electron chi connectivity index (χ1n) is 5.96. The van der Waals surface area contributed by atoms with E-state index in [1.54, 1.807) is 6.08 Å². The molecule has 0 aliphatic heterocycles. The van der Waals surface area contributed by atoms with Crippen molar-refractivity contribution in [2.45, 2.75) is 4.90 Å². The number of thiophene rings is 1. The number of hydrogen-bond acceptors (Lipinski definition) is 4. The van der Waals surface area contributed by atoms with Crippen LogP contribution in [0.4, 0.5) is 4.39 Å². The van der Waals surface area contributed by atoms with Crippen molar-refractivity contribution in [2.24, 2.45) is 0 Å². The first kappa shape index (κ1) is 15.5. The van der Waals surface area contributed by atoms with Crippen LogP contribution in [0.2, 0.25) is 0 Å². The van der Waals surface area contributed by atoms with Crippen LogP contribution in [0.3, 0.4) is 0 Å². The lowest BCUT2D eigenvalue weighted by Gasteiger charge is -2.02. The summed E-state index contributed by atoms with van der Waals surface area (Å²) in [6, 6.07) is 7.80. The van der Waals surface area contributed by atoms with Crippen LogP contribution in [-0.4, -0.2) is 22.6 Å². The number of rotatable bonds is 6. The Balaban J connectivity index is 2.08. The molecule has 0 radical (unpaired) electrons. The molecular formula is C15H11FO3S2. The van der Waals surface area contributed by atoms with E-state index in [-0.39, 0.29) is 22.0 Å². The first-order valence-corrected chi connectivity index (χ1v) is 7.83. The molecule has 0 amide bonds. The number of benzene rings is 1. The SMILES string of the molecule is O=C(O)CSc1ccc(C(=O)/C=C/c2cccs2)cc1F. The number of carboxylic acids is 1. The minimum atomic E-state index is -1.02. The average Bonchev–Trinajstić information content (AvgIpc) is 2.96. The Morgan fingerprint density at radius 1 is 1.33 bits per heavy atom. The Bertz CT molecular complexity index is 678.